The van der Waals surface area contributed by atoms with Crippen LogP contribution in [0.25, 0.3) is 0 Å². The molecule has 2 aromatic carbocycles. The quantitative estimate of drug-likeness (QED) is 0.514. The summed E-state index contributed by atoms with van der Waals surface area (Å²) < 4.78 is 0. The van der Waals surface area contributed by atoms with E-state index in [1.165, 1.54) is 17.2 Å². The van der Waals surface area contributed by atoms with E-state index in [2.05, 4.69) is 31.2 Å². The van der Waals surface area contributed by atoms with Crippen LogP contribution in [0.4, 0.5) is 11.4 Å². The van der Waals surface area contributed by atoms with E-state index < -0.39 is 4.92 Å². The summed E-state index contributed by atoms with van der Waals surface area (Å²) in [4.78, 5) is 10.2. The lowest BCUT2D eigenvalue weighted by atomic mass is 10.2. The van der Waals surface area contributed by atoms with Crippen LogP contribution < -0.4 is 5.73 Å². The third-order valence-corrected chi connectivity index (χ3v) is 3.98. The largest absolute Gasteiger partial charge is 0.393 e. The second-order valence-electron chi connectivity index (χ2n) is 4.63. The Bertz CT molecular complexity index is 629. The Morgan fingerprint density at radius 2 is 1.85 bits per heavy atom. The summed E-state index contributed by atoms with van der Waals surface area (Å²) in [6.07, 6.45) is 0. The maximum atomic E-state index is 10.7. The van der Waals surface area contributed by atoms with E-state index in [1.807, 2.05) is 0 Å². The van der Waals surface area contributed by atoms with E-state index in [9.17, 15) is 10.1 Å². The molecule has 0 aliphatic carbocycles. The first-order chi connectivity index (χ1) is 9.56. The lowest BCUT2D eigenvalue weighted by molar-refractivity contribution is -0.383. The molecule has 0 saturated carbocycles. The molecule has 2 N–H and O–H groups in total. The van der Waals surface area contributed by atoms with Crippen molar-refractivity contribution in [2.75, 3.05) is 5.73 Å². The number of thioether (sulfide) groups is 1. The molecule has 2 rings (SSSR count). The predicted molar refractivity (Wildman–Crippen MR) is 83.7 cm³/mol. The van der Waals surface area contributed by atoms with Gasteiger partial charge in [0.2, 0.25) is 0 Å². The lowest BCUT2D eigenvalue weighted by Crippen LogP contribution is -1.96. The first kappa shape index (κ1) is 14.4. The predicted octanol–water partition coefficient (Wildman–Crippen LogP) is 3.92. The van der Waals surface area contributed by atoms with Crippen molar-refractivity contribution < 1.29 is 4.92 Å². The number of nitrogens with zero attached hydrogens (tertiary/aromatic N) is 1. The van der Waals surface area contributed by atoms with Gasteiger partial charge in [0, 0.05) is 17.6 Å². The molecular weight excluding hydrogens is 272 g/mol. The molecule has 0 bridgehead atoms. The van der Waals surface area contributed by atoms with Crippen LogP contribution in [0.2, 0.25) is 0 Å². The summed E-state index contributed by atoms with van der Waals surface area (Å²) in [6, 6.07) is 13.3. The number of nitro benzene ring substituents is 1. The van der Waals surface area contributed by atoms with E-state index >= 15 is 0 Å². The van der Waals surface area contributed by atoms with Gasteiger partial charge in [-0.05, 0) is 24.1 Å². The molecule has 0 fully saturated rings. The van der Waals surface area contributed by atoms with E-state index in [0.29, 0.717) is 0 Å². The van der Waals surface area contributed by atoms with Crippen molar-refractivity contribution in [2.24, 2.45) is 0 Å². The van der Waals surface area contributed by atoms with E-state index in [4.69, 9.17) is 5.73 Å². The molecule has 4 nitrogen and oxygen atoms in total. The number of hydrogen-bond donors (Lipinski definition) is 1. The van der Waals surface area contributed by atoms with Crippen molar-refractivity contribution in [3.05, 3.63) is 69.3 Å². The molecule has 0 saturated heterocycles. The minimum atomic E-state index is -0.459. The van der Waals surface area contributed by atoms with Gasteiger partial charge in [-0.3, -0.25) is 10.1 Å². The Morgan fingerprint density at radius 3 is 2.45 bits per heavy atom. The highest BCUT2D eigenvalue weighted by atomic mass is 32.2. The highest BCUT2D eigenvalue weighted by molar-refractivity contribution is 7.97. The number of nitro groups is 1. The molecule has 0 radical (unpaired) electrons. The average Bonchev–Trinajstić information content (AvgIpc) is 2.38. The Labute approximate surface area is 122 Å². The minimum absolute atomic E-state index is 0.0302. The molecule has 5 heteroatoms. The van der Waals surface area contributed by atoms with Gasteiger partial charge in [-0.25, -0.2) is 0 Å². The van der Waals surface area contributed by atoms with Gasteiger partial charge in [0.15, 0.2) is 0 Å². The molecule has 0 aliphatic heterocycles. The SMILES string of the molecule is Cc1cccc(CSCc2ccc([N+](=O)[O-])c(N)c2)c1. The summed E-state index contributed by atoms with van der Waals surface area (Å²) in [6.45, 7) is 2.07. The average molecular weight is 288 g/mol. The Morgan fingerprint density at radius 1 is 1.15 bits per heavy atom. The van der Waals surface area contributed by atoms with E-state index in [0.717, 1.165) is 17.1 Å². The Balaban J connectivity index is 1.94. The van der Waals surface area contributed by atoms with Crippen LogP contribution in [0.5, 0.6) is 0 Å². The van der Waals surface area contributed by atoms with Crippen LogP contribution in [-0.4, -0.2) is 4.92 Å². The van der Waals surface area contributed by atoms with Gasteiger partial charge in [0.05, 0.1) is 4.92 Å². The van der Waals surface area contributed by atoms with E-state index in [1.54, 1.807) is 23.9 Å². The molecule has 0 amide bonds. The molecule has 0 aromatic heterocycles. The van der Waals surface area contributed by atoms with Crippen molar-refractivity contribution in [2.45, 2.75) is 18.4 Å². The fraction of sp³-hybridized carbons (Fsp3) is 0.200. The highest BCUT2D eigenvalue weighted by Crippen LogP contribution is 2.25. The Kier molecular flexibility index (Phi) is 4.63. The second-order valence-corrected chi connectivity index (χ2v) is 5.62. The van der Waals surface area contributed by atoms with Gasteiger partial charge in [0.1, 0.15) is 5.69 Å². The number of nitrogens with two attached hydrogens (primary N) is 1. The van der Waals surface area contributed by atoms with E-state index in [-0.39, 0.29) is 11.4 Å². The molecular formula is C15H16N2O2S. The van der Waals surface area contributed by atoms with Crippen molar-refractivity contribution in [1.82, 2.24) is 0 Å². The summed E-state index contributed by atoms with van der Waals surface area (Å²) in [5.41, 5.74) is 9.41. The molecule has 20 heavy (non-hydrogen) atoms. The van der Waals surface area contributed by atoms with Crippen LogP contribution in [-0.2, 0) is 11.5 Å². The summed E-state index contributed by atoms with van der Waals surface area (Å²) in [5.74, 6) is 1.70. The van der Waals surface area contributed by atoms with Crippen LogP contribution in [0.3, 0.4) is 0 Å². The van der Waals surface area contributed by atoms with Gasteiger partial charge in [0.25, 0.3) is 5.69 Å². The monoisotopic (exact) mass is 288 g/mol. The molecule has 104 valence electrons. The Hall–Kier alpha value is -2.01. The second kappa shape index (κ2) is 6.43. The normalized spacial score (nSPS) is 10.4. The molecule has 0 atom stereocenters. The number of aryl methyl sites for hydroxylation is 1. The highest BCUT2D eigenvalue weighted by Gasteiger charge is 2.10. The van der Waals surface area contributed by atoms with Crippen LogP contribution >= 0.6 is 11.8 Å². The zero-order valence-corrected chi connectivity index (χ0v) is 12.0. The third kappa shape index (κ3) is 3.74. The fourth-order valence-corrected chi connectivity index (χ4v) is 2.88. The first-order valence-corrected chi connectivity index (χ1v) is 7.38. The van der Waals surface area contributed by atoms with Crippen molar-refractivity contribution in [3.8, 4) is 0 Å². The summed E-state index contributed by atoms with van der Waals surface area (Å²) in [7, 11) is 0. The summed E-state index contributed by atoms with van der Waals surface area (Å²) in [5, 5.41) is 10.7. The van der Waals surface area contributed by atoms with Crippen LogP contribution in [0, 0.1) is 17.0 Å². The first-order valence-electron chi connectivity index (χ1n) is 6.22. The van der Waals surface area contributed by atoms with Gasteiger partial charge in [-0.2, -0.15) is 11.8 Å². The number of rotatable bonds is 5. The smallest absolute Gasteiger partial charge is 0.292 e. The maximum Gasteiger partial charge on any atom is 0.292 e. The lowest BCUT2D eigenvalue weighted by Gasteiger charge is -2.05. The number of benzene rings is 2. The molecule has 0 spiro atoms. The number of nitrogen functional groups attached to an aromatic ring is 1. The van der Waals surface area contributed by atoms with Crippen LogP contribution in [0.15, 0.2) is 42.5 Å². The van der Waals surface area contributed by atoms with Gasteiger partial charge in [-0.15, -0.1) is 0 Å². The van der Waals surface area contributed by atoms with Gasteiger partial charge >= 0.3 is 0 Å². The summed E-state index contributed by atoms with van der Waals surface area (Å²) >= 11 is 1.77. The fourth-order valence-electron chi connectivity index (χ4n) is 1.95. The van der Waals surface area contributed by atoms with Crippen LogP contribution in [0.1, 0.15) is 16.7 Å². The van der Waals surface area contributed by atoms with Crippen molar-refractivity contribution in [1.29, 1.82) is 0 Å². The zero-order valence-electron chi connectivity index (χ0n) is 11.2. The standard InChI is InChI=1S/C15H16N2O2S/c1-11-3-2-4-12(7-11)9-20-10-13-5-6-15(17(18)19)14(16)8-13/h2-8H,9-10,16H2,1H3. The molecule has 0 aliphatic rings. The van der Waals surface area contributed by atoms with Crippen molar-refractivity contribution in [3.63, 3.8) is 0 Å². The maximum absolute atomic E-state index is 10.7. The number of hydrogen-bond acceptors (Lipinski definition) is 4. The van der Waals surface area contributed by atoms with Gasteiger partial charge < -0.3 is 5.73 Å². The van der Waals surface area contributed by atoms with Crippen molar-refractivity contribution >= 4 is 23.1 Å². The van der Waals surface area contributed by atoms with Gasteiger partial charge in [-0.1, -0.05) is 35.9 Å². The molecule has 2 aromatic rings. The topological polar surface area (TPSA) is 69.2 Å². The number of anilines is 1. The third-order valence-electron chi connectivity index (χ3n) is 2.91. The molecule has 0 heterocycles. The minimum Gasteiger partial charge on any atom is -0.393 e. The molecule has 0 unspecified atom stereocenters. The zero-order chi connectivity index (χ0) is 14.5.